The average Bonchev–Trinajstić information content (AvgIpc) is 3.11. The van der Waals surface area contributed by atoms with Crippen LogP contribution in [0.15, 0.2) is 30.3 Å². The Hall–Kier alpha value is -2.14. The molecule has 1 atom stereocenters. The SMILES string of the molecule is O=C(NCc1cc2n(n1)CCCNC2)[C@@H]1CCc2ccccc21. The summed E-state index contributed by atoms with van der Waals surface area (Å²) in [4.78, 5) is 12.5. The number of hydrogen-bond acceptors (Lipinski definition) is 3. The number of carbonyl (C=O) groups excluding carboxylic acids is 1. The van der Waals surface area contributed by atoms with Gasteiger partial charge in [-0.1, -0.05) is 24.3 Å². The van der Waals surface area contributed by atoms with Crippen molar-refractivity contribution in [2.24, 2.45) is 0 Å². The van der Waals surface area contributed by atoms with Gasteiger partial charge in [-0.25, -0.2) is 0 Å². The highest BCUT2D eigenvalue weighted by atomic mass is 16.1. The summed E-state index contributed by atoms with van der Waals surface area (Å²) in [6, 6.07) is 10.4. The number of benzene rings is 1. The predicted octanol–water partition coefficient (Wildman–Crippen LogP) is 1.72. The molecule has 0 saturated heterocycles. The molecule has 0 radical (unpaired) electrons. The Kier molecular flexibility index (Phi) is 3.87. The minimum atomic E-state index is -0.00620. The quantitative estimate of drug-likeness (QED) is 0.907. The number of nitrogens with zero attached hydrogens (tertiary/aromatic N) is 2. The zero-order chi connectivity index (χ0) is 15.6. The Bertz CT molecular complexity index is 698. The van der Waals surface area contributed by atoms with Gasteiger partial charge in [0.05, 0.1) is 23.9 Å². The standard InChI is InChI=1S/C18H22N4O/c23-18(17-7-6-13-4-1-2-5-16(13)17)20-11-14-10-15-12-19-8-3-9-22(15)21-14/h1-2,4-5,10,17,19H,3,6-9,11-12H2,(H,20,23)/t17-/m1/s1. The number of nitrogens with one attached hydrogen (secondary N) is 2. The fourth-order valence-corrected chi connectivity index (χ4v) is 3.64. The van der Waals surface area contributed by atoms with Gasteiger partial charge in [-0.05, 0) is 43.0 Å². The summed E-state index contributed by atoms with van der Waals surface area (Å²) in [5.41, 5.74) is 4.66. The first-order valence-electron chi connectivity index (χ1n) is 8.43. The van der Waals surface area contributed by atoms with E-state index in [1.165, 1.54) is 16.8 Å². The zero-order valence-corrected chi connectivity index (χ0v) is 13.2. The second-order valence-electron chi connectivity index (χ2n) is 6.39. The summed E-state index contributed by atoms with van der Waals surface area (Å²) >= 11 is 0. The van der Waals surface area contributed by atoms with Crippen LogP contribution in [-0.2, 0) is 30.8 Å². The van der Waals surface area contributed by atoms with Gasteiger partial charge < -0.3 is 10.6 Å². The molecule has 2 aliphatic rings. The minimum absolute atomic E-state index is 0.00620. The van der Waals surface area contributed by atoms with Gasteiger partial charge in [0, 0.05) is 13.1 Å². The average molecular weight is 310 g/mol. The summed E-state index contributed by atoms with van der Waals surface area (Å²) in [7, 11) is 0. The van der Waals surface area contributed by atoms with Crippen molar-refractivity contribution in [3.8, 4) is 0 Å². The summed E-state index contributed by atoms with van der Waals surface area (Å²) in [5.74, 6) is 0.115. The molecule has 2 N–H and O–H groups in total. The predicted molar refractivity (Wildman–Crippen MR) is 87.9 cm³/mol. The third-order valence-corrected chi connectivity index (χ3v) is 4.84. The molecule has 0 unspecified atom stereocenters. The topological polar surface area (TPSA) is 59.0 Å². The van der Waals surface area contributed by atoms with Crippen LogP contribution in [0.5, 0.6) is 0 Å². The van der Waals surface area contributed by atoms with Gasteiger partial charge in [-0.2, -0.15) is 5.10 Å². The maximum Gasteiger partial charge on any atom is 0.227 e. The van der Waals surface area contributed by atoms with Crippen molar-refractivity contribution >= 4 is 5.91 Å². The van der Waals surface area contributed by atoms with E-state index < -0.39 is 0 Å². The molecule has 4 rings (SSSR count). The third-order valence-electron chi connectivity index (χ3n) is 4.84. The van der Waals surface area contributed by atoms with E-state index in [-0.39, 0.29) is 11.8 Å². The first kappa shape index (κ1) is 14.5. The molecule has 1 aliphatic carbocycles. The number of rotatable bonds is 3. The van der Waals surface area contributed by atoms with Crippen LogP contribution in [0.25, 0.3) is 0 Å². The van der Waals surface area contributed by atoms with E-state index in [9.17, 15) is 4.79 Å². The largest absolute Gasteiger partial charge is 0.350 e. The molecule has 23 heavy (non-hydrogen) atoms. The molecule has 0 spiro atoms. The molecule has 2 heterocycles. The minimum Gasteiger partial charge on any atom is -0.350 e. The lowest BCUT2D eigenvalue weighted by Gasteiger charge is -2.11. The lowest BCUT2D eigenvalue weighted by molar-refractivity contribution is -0.122. The van der Waals surface area contributed by atoms with Crippen LogP contribution < -0.4 is 10.6 Å². The van der Waals surface area contributed by atoms with Crippen molar-refractivity contribution in [2.45, 2.75) is 44.8 Å². The smallest absolute Gasteiger partial charge is 0.227 e. The Labute approximate surface area is 136 Å². The normalized spacial score (nSPS) is 19.7. The van der Waals surface area contributed by atoms with E-state index >= 15 is 0 Å². The Morgan fingerprint density at radius 3 is 3.26 bits per heavy atom. The molecule has 5 nitrogen and oxygen atoms in total. The van der Waals surface area contributed by atoms with Gasteiger partial charge in [0.25, 0.3) is 0 Å². The van der Waals surface area contributed by atoms with Crippen LogP contribution in [-0.4, -0.2) is 22.2 Å². The van der Waals surface area contributed by atoms with E-state index in [0.29, 0.717) is 6.54 Å². The Balaban J connectivity index is 1.41. The van der Waals surface area contributed by atoms with E-state index in [1.807, 2.05) is 12.1 Å². The number of aryl methyl sites for hydroxylation is 2. The van der Waals surface area contributed by atoms with Crippen LogP contribution in [0.3, 0.4) is 0 Å². The van der Waals surface area contributed by atoms with Crippen molar-refractivity contribution < 1.29 is 4.79 Å². The van der Waals surface area contributed by atoms with Gasteiger partial charge in [0.1, 0.15) is 0 Å². The highest BCUT2D eigenvalue weighted by Gasteiger charge is 2.28. The highest BCUT2D eigenvalue weighted by molar-refractivity contribution is 5.84. The lowest BCUT2D eigenvalue weighted by atomic mass is 10.0. The van der Waals surface area contributed by atoms with Crippen LogP contribution in [0.1, 0.15) is 41.3 Å². The van der Waals surface area contributed by atoms with Crippen LogP contribution in [0.4, 0.5) is 0 Å². The zero-order valence-electron chi connectivity index (χ0n) is 13.2. The van der Waals surface area contributed by atoms with Crippen LogP contribution >= 0.6 is 0 Å². The monoisotopic (exact) mass is 310 g/mol. The van der Waals surface area contributed by atoms with Gasteiger partial charge in [0.2, 0.25) is 5.91 Å². The van der Waals surface area contributed by atoms with Gasteiger partial charge >= 0.3 is 0 Å². The molecule has 1 aromatic heterocycles. The molecule has 1 amide bonds. The molecule has 0 saturated carbocycles. The van der Waals surface area contributed by atoms with Crippen molar-refractivity contribution in [3.05, 3.63) is 52.8 Å². The second kappa shape index (κ2) is 6.16. The van der Waals surface area contributed by atoms with E-state index in [0.717, 1.165) is 44.6 Å². The summed E-state index contributed by atoms with van der Waals surface area (Å²) < 4.78 is 2.06. The fraction of sp³-hybridized carbons (Fsp3) is 0.444. The third kappa shape index (κ3) is 2.88. The number of aromatic nitrogens is 2. The van der Waals surface area contributed by atoms with E-state index in [4.69, 9.17) is 0 Å². The number of carbonyl (C=O) groups is 1. The van der Waals surface area contributed by atoms with E-state index in [2.05, 4.69) is 38.6 Å². The summed E-state index contributed by atoms with van der Waals surface area (Å²) in [6.07, 6.45) is 3.01. The lowest BCUT2D eigenvalue weighted by Crippen LogP contribution is -2.28. The first-order valence-corrected chi connectivity index (χ1v) is 8.43. The summed E-state index contributed by atoms with van der Waals surface area (Å²) in [6.45, 7) is 3.36. The highest BCUT2D eigenvalue weighted by Crippen LogP contribution is 2.32. The Morgan fingerprint density at radius 2 is 2.30 bits per heavy atom. The second-order valence-corrected chi connectivity index (χ2v) is 6.39. The molecule has 0 fully saturated rings. The summed E-state index contributed by atoms with van der Waals surface area (Å²) in [5, 5.41) is 11.1. The Morgan fingerprint density at radius 1 is 1.39 bits per heavy atom. The van der Waals surface area contributed by atoms with Gasteiger partial charge in [-0.3, -0.25) is 9.48 Å². The van der Waals surface area contributed by atoms with E-state index in [1.54, 1.807) is 0 Å². The number of hydrogen-bond donors (Lipinski definition) is 2. The maximum atomic E-state index is 12.5. The molecule has 120 valence electrons. The molecule has 0 bridgehead atoms. The number of amides is 1. The van der Waals surface area contributed by atoms with Crippen molar-refractivity contribution in [3.63, 3.8) is 0 Å². The van der Waals surface area contributed by atoms with Gasteiger partial charge in [-0.15, -0.1) is 0 Å². The first-order chi connectivity index (χ1) is 11.3. The molecule has 1 aliphatic heterocycles. The molecule has 2 aromatic rings. The fourth-order valence-electron chi connectivity index (χ4n) is 3.64. The molecular formula is C18H22N4O. The van der Waals surface area contributed by atoms with Crippen molar-refractivity contribution in [1.29, 1.82) is 0 Å². The maximum absolute atomic E-state index is 12.5. The molecule has 1 aromatic carbocycles. The van der Waals surface area contributed by atoms with Crippen molar-refractivity contribution in [1.82, 2.24) is 20.4 Å². The van der Waals surface area contributed by atoms with Gasteiger partial charge in [0.15, 0.2) is 0 Å². The molecule has 5 heteroatoms. The van der Waals surface area contributed by atoms with Crippen LogP contribution in [0.2, 0.25) is 0 Å². The molecular weight excluding hydrogens is 288 g/mol. The number of fused-ring (bicyclic) bond motifs is 2. The van der Waals surface area contributed by atoms with Crippen LogP contribution in [0, 0.1) is 0 Å². The van der Waals surface area contributed by atoms with Crippen molar-refractivity contribution in [2.75, 3.05) is 6.54 Å².